The van der Waals surface area contributed by atoms with E-state index in [1.54, 1.807) is 48.5 Å². The molecule has 11 heteroatoms. The van der Waals surface area contributed by atoms with Crippen molar-refractivity contribution in [1.29, 1.82) is 0 Å². The van der Waals surface area contributed by atoms with Gasteiger partial charge in [0.25, 0.3) is 10.0 Å². The maximum absolute atomic E-state index is 14.2. The van der Waals surface area contributed by atoms with Crippen molar-refractivity contribution in [2.75, 3.05) is 25.1 Å². The average molecular weight is 616 g/mol. The molecule has 2 atom stereocenters. The summed E-state index contributed by atoms with van der Waals surface area (Å²) in [6, 6.07) is 18.5. The van der Waals surface area contributed by atoms with Crippen LogP contribution < -0.4 is 19.1 Å². The number of hydrogen-bond acceptors (Lipinski definition) is 6. The van der Waals surface area contributed by atoms with Crippen molar-refractivity contribution in [3.05, 3.63) is 83.4 Å². The molecule has 3 rings (SSSR count). The number of hydrogen-bond donors (Lipinski definition) is 1. The second-order valence-corrected chi connectivity index (χ2v) is 12.0. The molecular formula is C31H38ClN3O6S. The third-order valence-corrected chi connectivity index (χ3v) is 8.96. The van der Waals surface area contributed by atoms with Crippen LogP contribution in [-0.4, -0.2) is 58.0 Å². The summed E-state index contributed by atoms with van der Waals surface area (Å²) >= 11 is 6.08. The summed E-state index contributed by atoms with van der Waals surface area (Å²) < 4.78 is 39.8. The highest BCUT2D eigenvalue weighted by atomic mass is 35.5. The molecule has 226 valence electrons. The third kappa shape index (κ3) is 7.95. The minimum Gasteiger partial charge on any atom is -0.497 e. The van der Waals surface area contributed by atoms with E-state index < -0.39 is 28.5 Å². The Hall–Kier alpha value is -3.76. The van der Waals surface area contributed by atoms with Crippen LogP contribution >= 0.6 is 11.6 Å². The number of halogens is 1. The molecule has 0 bridgehead atoms. The third-order valence-electron chi connectivity index (χ3n) is 6.93. The Morgan fingerprint density at radius 2 is 1.55 bits per heavy atom. The average Bonchev–Trinajstić information content (AvgIpc) is 3.00. The van der Waals surface area contributed by atoms with Gasteiger partial charge in [0.1, 0.15) is 24.1 Å². The van der Waals surface area contributed by atoms with Crippen LogP contribution in [0.25, 0.3) is 0 Å². The van der Waals surface area contributed by atoms with Gasteiger partial charge in [-0.15, -0.1) is 0 Å². The van der Waals surface area contributed by atoms with E-state index in [0.717, 1.165) is 16.3 Å². The monoisotopic (exact) mass is 615 g/mol. The summed E-state index contributed by atoms with van der Waals surface area (Å²) in [6.07, 6.45) is 1.04. The molecular weight excluding hydrogens is 578 g/mol. The minimum absolute atomic E-state index is 0.0344. The first-order valence-corrected chi connectivity index (χ1v) is 15.5. The summed E-state index contributed by atoms with van der Waals surface area (Å²) in [6.45, 7) is 5.16. The number of ether oxygens (including phenoxy) is 2. The fourth-order valence-electron chi connectivity index (χ4n) is 4.37. The number of benzene rings is 3. The van der Waals surface area contributed by atoms with Crippen molar-refractivity contribution in [3.8, 4) is 11.5 Å². The Labute approximate surface area is 253 Å². The summed E-state index contributed by atoms with van der Waals surface area (Å²) in [7, 11) is -1.35. The Bertz CT molecular complexity index is 1450. The number of carbonyl (C=O) groups is 2. The largest absolute Gasteiger partial charge is 0.497 e. The molecule has 0 aliphatic carbocycles. The molecule has 0 fully saturated rings. The molecule has 2 unspecified atom stereocenters. The molecule has 3 aromatic carbocycles. The lowest BCUT2D eigenvalue weighted by Crippen LogP contribution is -2.53. The second-order valence-electron chi connectivity index (χ2n) is 9.75. The lowest BCUT2D eigenvalue weighted by atomic mass is 10.1. The van der Waals surface area contributed by atoms with Gasteiger partial charge in [0.2, 0.25) is 11.8 Å². The van der Waals surface area contributed by atoms with Crippen molar-refractivity contribution in [3.63, 3.8) is 0 Å². The van der Waals surface area contributed by atoms with Gasteiger partial charge in [-0.2, -0.15) is 0 Å². The Balaban J connectivity index is 2.09. The lowest BCUT2D eigenvalue weighted by Gasteiger charge is -2.34. The topological polar surface area (TPSA) is 105 Å². The fourth-order valence-corrected chi connectivity index (χ4v) is 5.92. The van der Waals surface area contributed by atoms with Gasteiger partial charge in [-0.3, -0.25) is 13.9 Å². The smallest absolute Gasteiger partial charge is 0.264 e. The molecule has 0 saturated heterocycles. The van der Waals surface area contributed by atoms with Crippen molar-refractivity contribution >= 4 is 39.1 Å². The lowest BCUT2D eigenvalue weighted by molar-refractivity contribution is -0.140. The first-order chi connectivity index (χ1) is 20.0. The first kappa shape index (κ1) is 32.8. The number of para-hydroxylation sites is 2. The zero-order valence-corrected chi connectivity index (χ0v) is 26.1. The van der Waals surface area contributed by atoms with Crippen LogP contribution in [0.2, 0.25) is 5.02 Å². The van der Waals surface area contributed by atoms with Crippen LogP contribution in [0.1, 0.15) is 39.2 Å². The van der Waals surface area contributed by atoms with Gasteiger partial charge in [0, 0.05) is 17.6 Å². The Kier molecular flexibility index (Phi) is 11.6. The minimum atomic E-state index is -4.26. The van der Waals surface area contributed by atoms with E-state index in [-0.39, 0.29) is 34.8 Å². The molecule has 0 saturated carbocycles. The molecule has 0 aliphatic heterocycles. The number of methoxy groups -OCH3 is 2. The van der Waals surface area contributed by atoms with E-state index in [0.29, 0.717) is 17.2 Å². The maximum Gasteiger partial charge on any atom is 0.264 e. The fraction of sp³-hybridized carbons (Fsp3) is 0.355. The Morgan fingerprint density at radius 3 is 2.12 bits per heavy atom. The number of carbonyl (C=O) groups excluding carboxylic acids is 2. The molecule has 2 amide bonds. The highest BCUT2D eigenvalue weighted by Gasteiger charge is 2.35. The van der Waals surface area contributed by atoms with E-state index in [9.17, 15) is 18.0 Å². The van der Waals surface area contributed by atoms with Gasteiger partial charge in [-0.1, -0.05) is 49.7 Å². The quantitative estimate of drug-likeness (QED) is 0.265. The zero-order valence-electron chi connectivity index (χ0n) is 24.5. The summed E-state index contributed by atoms with van der Waals surface area (Å²) in [5.74, 6) is -0.107. The number of anilines is 1. The Morgan fingerprint density at radius 1 is 0.905 bits per heavy atom. The van der Waals surface area contributed by atoms with Gasteiger partial charge >= 0.3 is 0 Å². The number of nitrogens with zero attached hydrogens (tertiary/aromatic N) is 2. The van der Waals surface area contributed by atoms with Crippen LogP contribution in [0.5, 0.6) is 11.5 Å². The molecule has 1 N–H and O–H groups in total. The zero-order chi connectivity index (χ0) is 30.9. The predicted molar refractivity (Wildman–Crippen MR) is 164 cm³/mol. The SMILES string of the molecule is CCC(C)NC(=O)C(CC)N(Cc1ccc(Cl)cc1)C(=O)CN(c1ccccc1OC)S(=O)(=O)c1ccc(OC)cc1. The van der Waals surface area contributed by atoms with Gasteiger partial charge in [-0.25, -0.2) is 8.42 Å². The first-order valence-electron chi connectivity index (χ1n) is 13.7. The molecule has 9 nitrogen and oxygen atoms in total. The van der Waals surface area contributed by atoms with Gasteiger partial charge in [-0.05, 0) is 73.9 Å². The molecule has 0 radical (unpaired) electrons. The number of rotatable bonds is 14. The van der Waals surface area contributed by atoms with Gasteiger partial charge < -0.3 is 19.7 Å². The normalized spacial score (nSPS) is 12.6. The summed E-state index contributed by atoms with van der Waals surface area (Å²) in [5.41, 5.74) is 0.928. The summed E-state index contributed by atoms with van der Waals surface area (Å²) in [5, 5.41) is 3.50. The van der Waals surface area contributed by atoms with Crippen LogP contribution in [0, 0.1) is 0 Å². The van der Waals surface area contributed by atoms with Crippen LogP contribution in [0.4, 0.5) is 5.69 Å². The molecule has 0 aliphatic rings. The standard InChI is InChI=1S/C31H38ClN3O6S/c1-6-22(3)33-31(37)27(7-2)34(20-23-12-14-24(32)15-13-23)30(36)21-35(28-10-8-9-11-29(28)41-5)42(38,39)26-18-16-25(40-4)17-19-26/h8-19,22,27H,6-7,20-21H2,1-5H3,(H,33,37). The van der Waals surface area contributed by atoms with E-state index in [1.807, 2.05) is 20.8 Å². The van der Waals surface area contributed by atoms with Crippen molar-refractivity contribution in [1.82, 2.24) is 10.2 Å². The highest BCUT2D eigenvalue weighted by Crippen LogP contribution is 2.33. The van der Waals surface area contributed by atoms with Crippen LogP contribution in [0.3, 0.4) is 0 Å². The molecule has 0 aromatic heterocycles. The maximum atomic E-state index is 14.2. The summed E-state index contributed by atoms with van der Waals surface area (Å²) in [4.78, 5) is 29.0. The van der Waals surface area contributed by atoms with Crippen LogP contribution in [-0.2, 0) is 26.2 Å². The van der Waals surface area contributed by atoms with Crippen LogP contribution in [0.15, 0.2) is 77.7 Å². The molecule has 3 aromatic rings. The van der Waals surface area contributed by atoms with Gasteiger partial charge in [0.05, 0.1) is 24.8 Å². The van der Waals surface area contributed by atoms with E-state index >= 15 is 0 Å². The molecule has 0 heterocycles. The van der Waals surface area contributed by atoms with E-state index in [2.05, 4.69) is 5.32 Å². The number of sulfonamides is 1. The predicted octanol–water partition coefficient (Wildman–Crippen LogP) is 5.27. The highest BCUT2D eigenvalue weighted by molar-refractivity contribution is 7.92. The number of nitrogens with one attached hydrogen (secondary N) is 1. The van der Waals surface area contributed by atoms with Crippen molar-refractivity contribution < 1.29 is 27.5 Å². The number of amides is 2. The second kappa shape index (κ2) is 14.9. The van der Waals surface area contributed by atoms with Crippen molar-refractivity contribution in [2.45, 2.75) is 57.1 Å². The van der Waals surface area contributed by atoms with E-state index in [1.165, 1.54) is 43.4 Å². The molecule has 42 heavy (non-hydrogen) atoms. The van der Waals surface area contributed by atoms with E-state index in [4.69, 9.17) is 21.1 Å². The van der Waals surface area contributed by atoms with Crippen molar-refractivity contribution in [2.24, 2.45) is 0 Å². The molecule has 0 spiro atoms. The van der Waals surface area contributed by atoms with Gasteiger partial charge in [0.15, 0.2) is 0 Å².